The highest BCUT2D eigenvalue weighted by molar-refractivity contribution is 5.88. The molecule has 1 aliphatic heterocycles. The fourth-order valence-corrected chi connectivity index (χ4v) is 2.07. The molecule has 0 atom stereocenters. The van der Waals surface area contributed by atoms with Gasteiger partial charge in [0.2, 0.25) is 0 Å². The van der Waals surface area contributed by atoms with Gasteiger partial charge in [0.25, 0.3) is 6.29 Å². The molecule has 0 bridgehead atoms. The average Bonchev–Trinajstić information content (AvgIpc) is 2.91. The standard InChI is InChI=1S/C13H10FNO3/c14-11-5-8(7-16)10-6-15-2-1-9(10)12(11)13-17-3-4-18-13/h1-6,13,16H,7H2. The van der Waals surface area contributed by atoms with Crippen molar-refractivity contribution < 1.29 is 19.0 Å². The van der Waals surface area contributed by atoms with Crippen molar-refractivity contribution in [3.05, 3.63) is 54.0 Å². The summed E-state index contributed by atoms with van der Waals surface area (Å²) in [5, 5.41) is 10.6. The van der Waals surface area contributed by atoms with Gasteiger partial charge in [-0.05, 0) is 23.1 Å². The largest absolute Gasteiger partial charge is 0.455 e. The zero-order chi connectivity index (χ0) is 12.5. The Morgan fingerprint density at radius 1 is 1.28 bits per heavy atom. The summed E-state index contributed by atoms with van der Waals surface area (Å²) in [4.78, 5) is 3.99. The maximum atomic E-state index is 14.1. The van der Waals surface area contributed by atoms with Gasteiger partial charge in [-0.3, -0.25) is 4.98 Å². The van der Waals surface area contributed by atoms with E-state index in [1.54, 1.807) is 18.5 Å². The Labute approximate surface area is 102 Å². The Hall–Kier alpha value is -2.14. The first-order valence-electron chi connectivity index (χ1n) is 5.43. The molecule has 0 unspecified atom stereocenters. The minimum absolute atomic E-state index is 0.246. The Bertz CT molecular complexity index is 619. The van der Waals surface area contributed by atoms with E-state index in [0.29, 0.717) is 21.9 Å². The molecule has 2 heterocycles. The van der Waals surface area contributed by atoms with E-state index in [2.05, 4.69) is 4.98 Å². The van der Waals surface area contributed by atoms with Gasteiger partial charge in [-0.25, -0.2) is 4.39 Å². The number of nitrogens with zero attached hydrogens (tertiary/aromatic N) is 1. The summed E-state index contributed by atoms with van der Waals surface area (Å²) in [5.41, 5.74) is 0.805. The van der Waals surface area contributed by atoms with Crippen LogP contribution in [0.15, 0.2) is 37.1 Å². The molecule has 1 aromatic carbocycles. The van der Waals surface area contributed by atoms with Crippen LogP contribution < -0.4 is 0 Å². The summed E-state index contributed by atoms with van der Waals surface area (Å²) < 4.78 is 24.5. The molecule has 1 aliphatic rings. The molecule has 0 aliphatic carbocycles. The number of rotatable bonds is 2. The van der Waals surface area contributed by atoms with Gasteiger partial charge in [-0.2, -0.15) is 0 Å². The molecule has 0 saturated heterocycles. The topological polar surface area (TPSA) is 51.6 Å². The number of benzene rings is 1. The number of aliphatic hydroxyl groups excluding tert-OH is 1. The third-order valence-corrected chi connectivity index (χ3v) is 2.88. The van der Waals surface area contributed by atoms with Crippen molar-refractivity contribution in [3.8, 4) is 0 Å². The van der Waals surface area contributed by atoms with Crippen LogP contribution in [0.25, 0.3) is 10.8 Å². The first-order valence-corrected chi connectivity index (χ1v) is 5.43. The van der Waals surface area contributed by atoms with Crippen molar-refractivity contribution in [2.45, 2.75) is 12.9 Å². The number of pyridine rings is 1. The molecular formula is C13H10FNO3. The van der Waals surface area contributed by atoms with E-state index in [1.807, 2.05) is 0 Å². The number of halogens is 1. The Morgan fingerprint density at radius 3 is 2.78 bits per heavy atom. The molecule has 1 N–H and O–H groups in total. The van der Waals surface area contributed by atoms with Gasteiger partial charge in [0.05, 0.1) is 12.2 Å². The summed E-state index contributed by atoms with van der Waals surface area (Å²) >= 11 is 0. The first kappa shape index (κ1) is 11.0. The van der Waals surface area contributed by atoms with Crippen LogP contribution in [0.2, 0.25) is 0 Å². The minimum Gasteiger partial charge on any atom is -0.455 e. The van der Waals surface area contributed by atoms with Crippen LogP contribution in [0.3, 0.4) is 0 Å². The van der Waals surface area contributed by atoms with Gasteiger partial charge in [0, 0.05) is 17.8 Å². The summed E-state index contributed by atoms with van der Waals surface area (Å²) in [5.74, 6) is -0.466. The molecule has 92 valence electrons. The van der Waals surface area contributed by atoms with Crippen LogP contribution in [0.1, 0.15) is 17.4 Å². The average molecular weight is 247 g/mol. The maximum absolute atomic E-state index is 14.1. The monoisotopic (exact) mass is 247 g/mol. The SMILES string of the molecule is OCc1cc(F)c(C2OC=CO2)c2ccncc12. The third kappa shape index (κ3) is 1.60. The van der Waals surface area contributed by atoms with Gasteiger partial charge < -0.3 is 14.6 Å². The molecule has 5 heteroatoms. The smallest absolute Gasteiger partial charge is 0.269 e. The molecular weight excluding hydrogens is 237 g/mol. The second kappa shape index (κ2) is 4.27. The van der Waals surface area contributed by atoms with Crippen molar-refractivity contribution in [3.63, 3.8) is 0 Å². The lowest BCUT2D eigenvalue weighted by atomic mass is 10.0. The van der Waals surface area contributed by atoms with Crippen LogP contribution in [0, 0.1) is 5.82 Å². The van der Waals surface area contributed by atoms with Gasteiger partial charge in [0.15, 0.2) is 0 Å². The van der Waals surface area contributed by atoms with Gasteiger partial charge in [-0.15, -0.1) is 0 Å². The number of hydrogen-bond acceptors (Lipinski definition) is 4. The van der Waals surface area contributed by atoms with E-state index in [-0.39, 0.29) is 6.61 Å². The lowest BCUT2D eigenvalue weighted by Gasteiger charge is -2.15. The highest BCUT2D eigenvalue weighted by Crippen LogP contribution is 2.34. The van der Waals surface area contributed by atoms with Crippen LogP contribution in [-0.4, -0.2) is 10.1 Å². The van der Waals surface area contributed by atoms with E-state index in [4.69, 9.17) is 9.47 Å². The van der Waals surface area contributed by atoms with E-state index >= 15 is 0 Å². The van der Waals surface area contributed by atoms with Gasteiger partial charge in [-0.1, -0.05) is 0 Å². The molecule has 0 saturated carbocycles. The molecule has 0 amide bonds. The molecule has 0 fully saturated rings. The third-order valence-electron chi connectivity index (χ3n) is 2.88. The van der Waals surface area contributed by atoms with E-state index in [9.17, 15) is 9.50 Å². The first-order chi connectivity index (χ1) is 8.81. The second-order valence-electron chi connectivity index (χ2n) is 3.89. The molecule has 18 heavy (non-hydrogen) atoms. The zero-order valence-electron chi connectivity index (χ0n) is 9.34. The van der Waals surface area contributed by atoms with Crippen LogP contribution >= 0.6 is 0 Å². The quantitative estimate of drug-likeness (QED) is 0.885. The summed E-state index contributed by atoms with van der Waals surface area (Å²) in [6.45, 7) is -0.246. The Balaban J connectivity index is 2.27. The second-order valence-corrected chi connectivity index (χ2v) is 3.89. The van der Waals surface area contributed by atoms with Crippen LogP contribution in [0.4, 0.5) is 4.39 Å². The number of aliphatic hydroxyl groups is 1. The molecule has 4 nitrogen and oxygen atoms in total. The highest BCUT2D eigenvalue weighted by atomic mass is 19.1. The number of aromatic nitrogens is 1. The zero-order valence-corrected chi connectivity index (χ0v) is 9.34. The summed E-state index contributed by atoms with van der Waals surface area (Å²) in [6, 6.07) is 2.96. The number of ether oxygens (including phenoxy) is 2. The van der Waals surface area contributed by atoms with Gasteiger partial charge >= 0.3 is 0 Å². The molecule has 0 spiro atoms. The number of hydrogen-bond donors (Lipinski definition) is 1. The van der Waals surface area contributed by atoms with Crippen LogP contribution in [0.5, 0.6) is 0 Å². The van der Waals surface area contributed by atoms with E-state index in [0.717, 1.165) is 0 Å². The highest BCUT2D eigenvalue weighted by Gasteiger charge is 2.24. The van der Waals surface area contributed by atoms with Crippen molar-refractivity contribution in [1.82, 2.24) is 4.98 Å². The minimum atomic E-state index is -0.789. The summed E-state index contributed by atoms with van der Waals surface area (Å²) in [7, 11) is 0. The van der Waals surface area contributed by atoms with Crippen molar-refractivity contribution in [2.24, 2.45) is 0 Å². The molecule has 2 aromatic rings. The predicted molar refractivity (Wildman–Crippen MR) is 61.7 cm³/mol. The lowest BCUT2D eigenvalue weighted by molar-refractivity contribution is -0.0259. The van der Waals surface area contributed by atoms with Crippen molar-refractivity contribution in [2.75, 3.05) is 0 Å². The Morgan fingerprint density at radius 2 is 2.06 bits per heavy atom. The normalized spacial score (nSPS) is 14.8. The molecule has 3 rings (SSSR count). The van der Waals surface area contributed by atoms with Crippen molar-refractivity contribution in [1.29, 1.82) is 0 Å². The fraction of sp³-hybridized carbons (Fsp3) is 0.154. The predicted octanol–water partition coefficient (Wildman–Crippen LogP) is 2.38. The van der Waals surface area contributed by atoms with Crippen LogP contribution in [-0.2, 0) is 16.1 Å². The van der Waals surface area contributed by atoms with E-state index < -0.39 is 12.1 Å². The molecule has 0 radical (unpaired) electrons. The van der Waals surface area contributed by atoms with Gasteiger partial charge in [0.1, 0.15) is 18.3 Å². The maximum Gasteiger partial charge on any atom is 0.269 e. The van der Waals surface area contributed by atoms with Crippen molar-refractivity contribution >= 4 is 10.8 Å². The Kier molecular flexibility index (Phi) is 2.60. The number of fused-ring (bicyclic) bond motifs is 1. The lowest BCUT2D eigenvalue weighted by Crippen LogP contribution is -2.04. The summed E-state index contributed by atoms with van der Waals surface area (Å²) in [6.07, 6.45) is 5.11. The molecule has 1 aromatic heterocycles. The van der Waals surface area contributed by atoms with E-state index in [1.165, 1.54) is 18.6 Å². The fourth-order valence-electron chi connectivity index (χ4n) is 2.07.